The maximum absolute atomic E-state index is 11.9. The molecule has 0 aliphatic rings. The van der Waals surface area contributed by atoms with Crippen molar-refractivity contribution in [2.24, 2.45) is 0 Å². The minimum absolute atomic E-state index is 0.0887. The Balaban J connectivity index is 2.07. The summed E-state index contributed by atoms with van der Waals surface area (Å²) in [5.74, 6) is 0. The van der Waals surface area contributed by atoms with Gasteiger partial charge in [-0.25, -0.2) is 12.7 Å². The number of nitrogens with zero attached hydrogens (tertiary/aromatic N) is 1. The second-order valence-electron chi connectivity index (χ2n) is 4.34. The van der Waals surface area contributed by atoms with Gasteiger partial charge in [0.25, 0.3) is 0 Å². The molecule has 6 nitrogen and oxygen atoms in total. The summed E-state index contributed by atoms with van der Waals surface area (Å²) in [5, 5.41) is 4.86. The molecule has 0 bridgehead atoms. The number of thiazole rings is 1. The summed E-state index contributed by atoms with van der Waals surface area (Å²) in [4.78, 5) is 13.8. The zero-order chi connectivity index (χ0) is 14.8. The van der Waals surface area contributed by atoms with Crippen molar-refractivity contribution in [3.05, 3.63) is 45.0 Å². The van der Waals surface area contributed by atoms with E-state index in [2.05, 4.69) is 10.3 Å². The third kappa shape index (κ3) is 3.27. The lowest BCUT2D eigenvalue weighted by Crippen LogP contribution is -2.22. The molecule has 8 heteroatoms. The monoisotopic (exact) mass is 313 g/mol. The van der Waals surface area contributed by atoms with Crippen LogP contribution in [0.1, 0.15) is 5.69 Å². The second-order valence-corrected chi connectivity index (χ2v) is 7.33. The van der Waals surface area contributed by atoms with Crippen LogP contribution in [0.3, 0.4) is 0 Å². The van der Waals surface area contributed by atoms with Crippen molar-refractivity contribution in [2.75, 3.05) is 19.4 Å². The smallest absolute Gasteiger partial charge is 0.304 e. The standard InChI is InChI=1S/C12H15N3O3S2/c1-15(2)20(17,18)11-5-3-9(4-6-11)13-7-10-8-19-12(16)14-10/h3-6,8,13H,7H2,1-2H3,(H,14,16). The van der Waals surface area contributed by atoms with E-state index in [4.69, 9.17) is 0 Å². The number of nitrogens with one attached hydrogen (secondary N) is 2. The highest BCUT2D eigenvalue weighted by molar-refractivity contribution is 7.89. The number of aromatic nitrogens is 1. The summed E-state index contributed by atoms with van der Waals surface area (Å²) < 4.78 is 25.0. The number of hydrogen-bond acceptors (Lipinski definition) is 5. The number of anilines is 1. The molecule has 0 saturated heterocycles. The summed E-state index contributed by atoms with van der Waals surface area (Å²) >= 11 is 1.11. The minimum atomic E-state index is -3.40. The Morgan fingerprint density at radius 3 is 2.40 bits per heavy atom. The molecular formula is C12H15N3O3S2. The normalized spacial score (nSPS) is 11.8. The Hall–Kier alpha value is -1.64. The molecule has 1 heterocycles. The Labute approximate surface area is 121 Å². The van der Waals surface area contributed by atoms with E-state index in [1.54, 1.807) is 29.6 Å². The fourth-order valence-electron chi connectivity index (χ4n) is 1.55. The highest BCUT2D eigenvalue weighted by atomic mass is 32.2. The summed E-state index contributed by atoms with van der Waals surface area (Å²) in [7, 11) is -0.409. The Kier molecular flexibility index (Phi) is 4.26. The predicted molar refractivity (Wildman–Crippen MR) is 79.6 cm³/mol. The van der Waals surface area contributed by atoms with E-state index in [1.807, 2.05) is 0 Å². The molecule has 0 unspecified atom stereocenters. The van der Waals surface area contributed by atoms with Crippen molar-refractivity contribution in [2.45, 2.75) is 11.4 Å². The Bertz CT molecular complexity index is 730. The SMILES string of the molecule is CN(C)S(=O)(=O)c1ccc(NCc2csc(=O)[nH]2)cc1. The first-order valence-corrected chi connectivity index (χ1v) is 8.15. The lowest BCUT2D eigenvalue weighted by Gasteiger charge is -2.12. The average molecular weight is 313 g/mol. The van der Waals surface area contributed by atoms with Crippen LogP contribution >= 0.6 is 11.3 Å². The van der Waals surface area contributed by atoms with Crippen LogP contribution in [0.4, 0.5) is 5.69 Å². The van der Waals surface area contributed by atoms with Gasteiger partial charge in [-0.1, -0.05) is 11.3 Å². The van der Waals surface area contributed by atoms with Gasteiger partial charge in [0, 0.05) is 30.9 Å². The number of hydrogen-bond donors (Lipinski definition) is 2. The molecule has 2 N–H and O–H groups in total. The predicted octanol–water partition coefficient (Wildman–Crippen LogP) is 1.30. The van der Waals surface area contributed by atoms with E-state index in [-0.39, 0.29) is 9.77 Å². The van der Waals surface area contributed by atoms with Gasteiger partial charge < -0.3 is 10.3 Å². The molecule has 0 aliphatic heterocycles. The topological polar surface area (TPSA) is 82.3 Å². The molecule has 108 valence electrons. The van der Waals surface area contributed by atoms with Gasteiger partial charge in [0.1, 0.15) is 0 Å². The van der Waals surface area contributed by atoms with Gasteiger partial charge >= 0.3 is 4.87 Å². The summed E-state index contributed by atoms with van der Waals surface area (Å²) in [6.45, 7) is 0.485. The molecule has 0 amide bonds. The fraction of sp³-hybridized carbons (Fsp3) is 0.250. The molecule has 0 atom stereocenters. The largest absolute Gasteiger partial charge is 0.379 e. The number of aromatic amines is 1. The van der Waals surface area contributed by atoms with Crippen LogP contribution in [-0.2, 0) is 16.6 Å². The van der Waals surface area contributed by atoms with Crippen molar-refractivity contribution in [3.8, 4) is 0 Å². The molecule has 0 aliphatic carbocycles. The van der Waals surface area contributed by atoms with Crippen LogP contribution in [0.5, 0.6) is 0 Å². The third-order valence-corrected chi connectivity index (χ3v) is 5.23. The summed E-state index contributed by atoms with van der Waals surface area (Å²) in [6, 6.07) is 6.49. The zero-order valence-corrected chi connectivity index (χ0v) is 12.7. The molecule has 20 heavy (non-hydrogen) atoms. The molecule has 0 radical (unpaired) electrons. The highest BCUT2D eigenvalue weighted by Gasteiger charge is 2.16. The van der Waals surface area contributed by atoms with Crippen molar-refractivity contribution < 1.29 is 8.42 Å². The first-order chi connectivity index (χ1) is 9.39. The first-order valence-electron chi connectivity index (χ1n) is 5.83. The van der Waals surface area contributed by atoms with Crippen molar-refractivity contribution >= 4 is 27.0 Å². The van der Waals surface area contributed by atoms with Gasteiger partial charge in [0.05, 0.1) is 11.4 Å². The molecule has 2 aromatic rings. The summed E-state index contributed by atoms with van der Waals surface area (Å²) in [5.41, 5.74) is 1.58. The van der Waals surface area contributed by atoms with Crippen LogP contribution in [0.15, 0.2) is 39.3 Å². The Morgan fingerprint density at radius 1 is 1.25 bits per heavy atom. The fourth-order valence-corrected chi connectivity index (χ4v) is 3.04. The van der Waals surface area contributed by atoms with Crippen molar-refractivity contribution in [1.29, 1.82) is 0 Å². The molecule has 0 fully saturated rings. The summed E-state index contributed by atoms with van der Waals surface area (Å²) in [6.07, 6.45) is 0. The first kappa shape index (κ1) is 14.8. The van der Waals surface area contributed by atoms with Crippen molar-refractivity contribution in [3.63, 3.8) is 0 Å². The maximum atomic E-state index is 11.9. The minimum Gasteiger partial charge on any atom is -0.379 e. The number of H-pyrrole nitrogens is 1. The van der Waals surface area contributed by atoms with Crippen molar-refractivity contribution in [1.82, 2.24) is 9.29 Å². The van der Waals surface area contributed by atoms with E-state index in [0.29, 0.717) is 6.54 Å². The molecule has 1 aromatic carbocycles. The lowest BCUT2D eigenvalue weighted by molar-refractivity contribution is 0.521. The van der Waals surface area contributed by atoms with E-state index in [9.17, 15) is 13.2 Å². The molecule has 0 saturated carbocycles. The molecule has 1 aromatic heterocycles. The maximum Gasteiger partial charge on any atom is 0.304 e. The highest BCUT2D eigenvalue weighted by Crippen LogP contribution is 2.17. The third-order valence-electron chi connectivity index (χ3n) is 2.69. The van der Waals surface area contributed by atoms with Crippen LogP contribution < -0.4 is 10.2 Å². The van der Waals surface area contributed by atoms with Gasteiger partial charge in [-0.3, -0.25) is 4.79 Å². The van der Waals surface area contributed by atoms with Gasteiger partial charge in [0.2, 0.25) is 10.0 Å². The van der Waals surface area contributed by atoms with Crippen LogP contribution in [-0.4, -0.2) is 31.8 Å². The van der Waals surface area contributed by atoms with Gasteiger partial charge in [-0.05, 0) is 24.3 Å². The van der Waals surface area contributed by atoms with Crippen LogP contribution in [0, 0.1) is 0 Å². The zero-order valence-electron chi connectivity index (χ0n) is 11.1. The average Bonchev–Trinajstić information content (AvgIpc) is 2.82. The number of benzene rings is 1. The van der Waals surface area contributed by atoms with Gasteiger partial charge in [0.15, 0.2) is 0 Å². The number of rotatable bonds is 5. The quantitative estimate of drug-likeness (QED) is 0.871. The van der Waals surface area contributed by atoms with E-state index in [0.717, 1.165) is 22.7 Å². The second kappa shape index (κ2) is 5.78. The van der Waals surface area contributed by atoms with E-state index < -0.39 is 10.0 Å². The lowest BCUT2D eigenvalue weighted by atomic mass is 10.3. The molecular weight excluding hydrogens is 298 g/mol. The van der Waals surface area contributed by atoms with E-state index in [1.165, 1.54) is 18.4 Å². The number of sulfonamides is 1. The van der Waals surface area contributed by atoms with Crippen LogP contribution in [0.2, 0.25) is 0 Å². The Morgan fingerprint density at radius 2 is 1.90 bits per heavy atom. The molecule has 2 rings (SSSR count). The molecule has 0 spiro atoms. The van der Waals surface area contributed by atoms with Crippen LogP contribution in [0.25, 0.3) is 0 Å². The van der Waals surface area contributed by atoms with Gasteiger partial charge in [-0.15, -0.1) is 0 Å². The van der Waals surface area contributed by atoms with Gasteiger partial charge in [-0.2, -0.15) is 0 Å². The van der Waals surface area contributed by atoms with E-state index >= 15 is 0 Å².